The fourth-order valence-electron chi connectivity index (χ4n) is 2.05. The van der Waals surface area contributed by atoms with Crippen molar-refractivity contribution in [3.8, 4) is 0 Å². The third-order valence-corrected chi connectivity index (χ3v) is 3.06. The first-order valence-electron chi connectivity index (χ1n) is 6.50. The van der Waals surface area contributed by atoms with Gasteiger partial charge in [-0.1, -0.05) is 25.1 Å². The number of carbonyl (C=O) groups excluding carboxylic acids is 2. The highest BCUT2D eigenvalue weighted by Crippen LogP contribution is 2.15. The maximum atomic E-state index is 11.9. The number of hydrogen-bond donors (Lipinski definition) is 1. The molecule has 1 heterocycles. The molecule has 1 N–H and O–H groups in total. The average molecular weight is 262 g/mol. The fraction of sp³-hybridized carbons (Fsp3) is 0.429. The molecule has 0 atom stereocenters. The quantitative estimate of drug-likeness (QED) is 0.903. The lowest BCUT2D eigenvalue weighted by molar-refractivity contribution is -0.117. The van der Waals surface area contributed by atoms with Crippen LogP contribution in [0.3, 0.4) is 0 Å². The molecule has 0 spiro atoms. The van der Waals surface area contributed by atoms with Gasteiger partial charge in [-0.05, 0) is 24.5 Å². The standard InChI is InChI=1S/C14H18N2O3/c1-2-11-6-3-4-7-12(11)15-13(17)10-16-8-5-9-19-14(16)18/h3-4,6-7H,2,5,8-10H2,1H3,(H,15,17). The molecule has 1 aliphatic heterocycles. The molecular formula is C14H18N2O3. The Balaban J connectivity index is 1.95. The SMILES string of the molecule is CCc1ccccc1NC(=O)CN1CCCOC1=O. The van der Waals surface area contributed by atoms with Crippen molar-refractivity contribution in [2.45, 2.75) is 19.8 Å². The van der Waals surface area contributed by atoms with Crippen LogP contribution in [0.2, 0.25) is 0 Å². The second kappa shape index (κ2) is 6.22. The zero-order valence-electron chi connectivity index (χ0n) is 11.0. The summed E-state index contributed by atoms with van der Waals surface area (Å²) < 4.78 is 4.89. The van der Waals surface area contributed by atoms with Crippen molar-refractivity contribution >= 4 is 17.7 Å². The Kier molecular flexibility index (Phi) is 4.39. The molecule has 1 aromatic rings. The van der Waals surface area contributed by atoms with Crippen LogP contribution in [-0.2, 0) is 16.0 Å². The van der Waals surface area contributed by atoms with Gasteiger partial charge < -0.3 is 10.1 Å². The summed E-state index contributed by atoms with van der Waals surface area (Å²) in [5, 5.41) is 2.84. The van der Waals surface area contributed by atoms with Crippen LogP contribution in [0.1, 0.15) is 18.9 Å². The van der Waals surface area contributed by atoms with Crippen LogP contribution in [0, 0.1) is 0 Å². The first-order chi connectivity index (χ1) is 9.20. The van der Waals surface area contributed by atoms with Crippen molar-refractivity contribution in [3.05, 3.63) is 29.8 Å². The lowest BCUT2D eigenvalue weighted by Crippen LogP contribution is -2.42. The monoisotopic (exact) mass is 262 g/mol. The summed E-state index contributed by atoms with van der Waals surface area (Å²) in [5.74, 6) is -0.195. The van der Waals surface area contributed by atoms with Crippen LogP contribution >= 0.6 is 0 Å². The van der Waals surface area contributed by atoms with Crippen LogP contribution < -0.4 is 5.32 Å². The molecule has 2 rings (SSSR count). The number of aryl methyl sites for hydroxylation is 1. The van der Waals surface area contributed by atoms with Crippen molar-refractivity contribution in [3.63, 3.8) is 0 Å². The van der Waals surface area contributed by atoms with Crippen molar-refractivity contribution in [1.29, 1.82) is 0 Å². The molecule has 0 unspecified atom stereocenters. The van der Waals surface area contributed by atoms with E-state index in [-0.39, 0.29) is 12.5 Å². The molecule has 5 heteroatoms. The van der Waals surface area contributed by atoms with E-state index in [1.807, 2.05) is 31.2 Å². The Labute approximate surface area is 112 Å². The second-order valence-corrected chi connectivity index (χ2v) is 4.45. The molecule has 0 radical (unpaired) electrons. The van der Waals surface area contributed by atoms with Gasteiger partial charge in [-0.25, -0.2) is 4.79 Å². The number of hydrogen-bond acceptors (Lipinski definition) is 3. The molecule has 19 heavy (non-hydrogen) atoms. The molecule has 2 amide bonds. The van der Waals surface area contributed by atoms with E-state index in [4.69, 9.17) is 4.74 Å². The van der Waals surface area contributed by atoms with Gasteiger partial charge in [-0.15, -0.1) is 0 Å². The fourth-order valence-corrected chi connectivity index (χ4v) is 2.05. The highest BCUT2D eigenvalue weighted by atomic mass is 16.6. The smallest absolute Gasteiger partial charge is 0.410 e. The summed E-state index contributed by atoms with van der Waals surface area (Å²) in [7, 11) is 0. The molecule has 1 fully saturated rings. The number of nitrogens with zero attached hydrogens (tertiary/aromatic N) is 1. The topological polar surface area (TPSA) is 58.6 Å². The Morgan fingerprint density at radius 1 is 1.42 bits per heavy atom. The van der Waals surface area contributed by atoms with Gasteiger partial charge in [-0.3, -0.25) is 9.69 Å². The van der Waals surface area contributed by atoms with Gasteiger partial charge >= 0.3 is 6.09 Å². The maximum absolute atomic E-state index is 11.9. The van der Waals surface area contributed by atoms with E-state index in [0.29, 0.717) is 13.2 Å². The molecule has 1 aromatic carbocycles. The molecule has 1 saturated heterocycles. The van der Waals surface area contributed by atoms with Crippen molar-refractivity contribution in [2.75, 3.05) is 25.0 Å². The number of ether oxygens (including phenoxy) is 1. The number of para-hydroxylation sites is 1. The zero-order chi connectivity index (χ0) is 13.7. The highest BCUT2D eigenvalue weighted by molar-refractivity contribution is 5.94. The van der Waals surface area contributed by atoms with Crippen molar-refractivity contribution in [2.24, 2.45) is 0 Å². The van der Waals surface area contributed by atoms with E-state index < -0.39 is 6.09 Å². The number of anilines is 1. The third kappa shape index (κ3) is 3.47. The molecule has 1 aliphatic rings. The molecule has 5 nitrogen and oxygen atoms in total. The summed E-state index contributed by atoms with van der Waals surface area (Å²) in [6, 6.07) is 7.66. The molecule has 0 saturated carbocycles. The van der Waals surface area contributed by atoms with E-state index in [1.54, 1.807) is 0 Å². The largest absolute Gasteiger partial charge is 0.449 e. The van der Waals surface area contributed by atoms with Gasteiger partial charge in [0.1, 0.15) is 6.54 Å². The van der Waals surface area contributed by atoms with Gasteiger partial charge in [0, 0.05) is 12.2 Å². The lowest BCUT2D eigenvalue weighted by atomic mass is 10.1. The summed E-state index contributed by atoms with van der Waals surface area (Å²) in [5.41, 5.74) is 1.89. The van der Waals surface area contributed by atoms with Crippen LogP contribution in [0.25, 0.3) is 0 Å². The average Bonchev–Trinajstić information content (AvgIpc) is 2.42. The van der Waals surface area contributed by atoms with Gasteiger partial charge in [0.15, 0.2) is 0 Å². The molecule has 0 bridgehead atoms. The number of rotatable bonds is 4. The number of amides is 2. The predicted octanol–water partition coefficient (Wildman–Crippen LogP) is 2.03. The molecule has 0 aromatic heterocycles. The second-order valence-electron chi connectivity index (χ2n) is 4.45. The minimum atomic E-state index is -0.412. The van der Waals surface area contributed by atoms with Crippen molar-refractivity contribution in [1.82, 2.24) is 4.90 Å². The first-order valence-corrected chi connectivity index (χ1v) is 6.50. The summed E-state index contributed by atoms with van der Waals surface area (Å²) in [4.78, 5) is 24.8. The van der Waals surface area contributed by atoms with E-state index in [0.717, 1.165) is 24.1 Å². The minimum Gasteiger partial charge on any atom is -0.449 e. The van der Waals surface area contributed by atoms with Crippen LogP contribution in [0.15, 0.2) is 24.3 Å². The molecule has 0 aliphatic carbocycles. The molecule has 102 valence electrons. The summed E-state index contributed by atoms with van der Waals surface area (Å²) >= 11 is 0. The Morgan fingerprint density at radius 3 is 2.95 bits per heavy atom. The Morgan fingerprint density at radius 2 is 2.21 bits per heavy atom. The number of benzene rings is 1. The third-order valence-electron chi connectivity index (χ3n) is 3.06. The minimum absolute atomic E-state index is 0.0386. The predicted molar refractivity (Wildman–Crippen MR) is 72.0 cm³/mol. The van der Waals surface area contributed by atoms with Gasteiger partial charge in [-0.2, -0.15) is 0 Å². The normalized spacial score (nSPS) is 15.0. The van der Waals surface area contributed by atoms with Crippen LogP contribution in [-0.4, -0.2) is 36.6 Å². The number of carbonyl (C=O) groups is 2. The number of nitrogens with one attached hydrogen (secondary N) is 1. The van der Waals surface area contributed by atoms with Crippen molar-refractivity contribution < 1.29 is 14.3 Å². The van der Waals surface area contributed by atoms with Crippen LogP contribution in [0.5, 0.6) is 0 Å². The van der Waals surface area contributed by atoms with E-state index >= 15 is 0 Å². The van der Waals surface area contributed by atoms with Gasteiger partial charge in [0.05, 0.1) is 6.61 Å². The summed E-state index contributed by atoms with van der Waals surface area (Å²) in [6.45, 7) is 3.08. The van der Waals surface area contributed by atoms with E-state index in [9.17, 15) is 9.59 Å². The van der Waals surface area contributed by atoms with E-state index in [2.05, 4.69) is 5.32 Å². The lowest BCUT2D eigenvalue weighted by Gasteiger charge is -2.25. The Bertz CT molecular complexity index is 474. The molecular weight excluding hydrogens is 244 g/mol. The zero-order valence-corrected chi connectivity index (χ0v) is 11.0. The summed E-state index contributed by atoms with van der Waals surface area (Å²) in [6.07, 6.45) is 1.21. The number of cyclic esters (lactones) is 1. The Hall–Kier alpha value is -2.04. The maximum Gasteiger partial charge on any atom is 0.410 e. The highest BCUT2D eigenvalue weighted by Gasteiger charge is 2.22. The van der Waals surface area contributed by atoms with E-state index in [1.165, 1.54) is 4.90 Å². The van der Waals surface area contributed by atoms with Gasteiger partial charge in [0.2, 0.25) is 5.91 Å². The first kappa shape index (κ1) is 13.4. The van der Waals surface area contributed by atoms with Crippen LogP contribution in [0.4, 0.5) is 10.5 Å². The van der Waals surface area contributed by atoms with Gasteiger partial charge in [0.25, 0.3) is 0 Å².